The Morgan fingerprint density at radius 2 is 1.90 bits per heavy atom. The molecule has 0 N–H and O–H groups in total. The van der Waals surface area contributed by atoms with E-state index in [1.807, 2.05) is 6.07 Å². The monoisotopic (exact) mass is 138 g/mol. The highest BCUT2D eigenvalue weighted by atomic mass is 19.2. The van der Waals surface area contributed by atoms with E-state index in [1.165, 1.54) is 6.21 Å². The van der Waals surface area contributed by atoms with Crippen LogP contribution in [0.3, 0.4) is 0 Å². The van der Waals surface area contributed by atoms with E-state index in [4.69, 9.17) is 0 Å². The van der Waals surface area contributed by atoms with Gasteiger partial charge in [0.25, 0.3) is 5.69 Å². The lowest BCUT2D eigenvalue weighted by atomic mass is 10.3. The summed E-state index contributed by atoms with van der Waals surface area (Å²) in [6, 6.07) is 8.86. The minimum atomic E-state index is 0.560. The highest BCUT2D eigenvalue weighted by molar-refractivity contribution is 5.49. The normalized spacial score (nSPS) is 11.6. The van der Waals surface area contributed by atoms with Gasteiger partial charge in [-0.15, -0.1) is 0 Å². The van der Waals surface area contributed by atoms with Crippen molar-refractivity contribution < 1.29 is 9.28 Å². The van der Waals surface area contributed by atoms with Crippen LogP contribution in [0.15, 0.2) is 30.3 Å². The molecule has 0 unspecified atom stereocenters. The molecule has 0 radical (unpaired) electrons. The molecule has 52 valence electrons. The molecule has 0 atom stereocenters. The molecule has 1 aromatic carbocycles. The molecule has 1 nitrogen and oxygen atoms in total. The zero-order valence-electron chi connectivity index (χ0n) is 5.79. The molecular weight excluding hydrogens is 129 g/mol. The molecule has 0 bridgehead atoms. The van der Waals surface area contributed by atoms with Crippen LogP contribution in [0.5, 0.6) is 0 Å². The van der Waals surface area contributed by atoms with E-state index >= 15 is 0 Å². The van der Waals surface area contributed by atoms with Crippen LogP contribution in [0.25, 0.3) is 0 Å². The van der Waals surface area contributed by atoms with Gasteiger partial charge < -0.3 is 0 Å². The third kappa shape index (κ3) is 1.41. The Morgan fingerprint density at radius 3 is 2.40 bits per heavy atom. The molecule has 0 fully saturated rings. The molecule has 2 heteroatoms. The van der Waals surface area contributed by atoms with Gasteiger partial charge in [0.05, 0.1) is 4.48 Å². The van der Waals surface area contributed by atoms with Crippen molar-refractivity contribution >= 4 is 11.9 Å². The zero-order valence-corrected chi connectivity index (χ0v) is 5.79. The van der Waals surface area contributed by atoms with Crippen molar-refractivity contribution in [2.75, 3.05) is 0 Å². The van der Waals surface area contributed by atoms with Crippen LogP contribution >= 0.6 is 0 Å². The summed E-state index contributed by atoms with van der Waals surface area (Å²) in [7, 11) is 0. The van der Waals surface area contributed by atoms with E-state index in [2.05, 4.69) is 0 Å². The molecule has 0 spiro atoms. The van der Waals surface area contributed by atoms with Gasteiger partial charge in [0.1, 0.15) is 0 Å². The number of benzene rings is 1. The first-order valence-corrected chi connectivity index (χ1v) is 3.14. The number of rotatable bonds is 1. The lowest BCUT2D eigenvalue weighted by Crippen LogP contribution is -1.89. The van der Waals surface area contributed by atoms with Crippen molar-refractivity contribution in [1.29, 1.82) is 0 Å². The van der Waals surface area contributed by atoms with Gasteiger partial charge in [0.2, 0.25) is 0 Å². The van der Waals surface area contributed by atoms with Crippen molar-refractivity contribution in [3.63, 3.8) is 0 Å². The van der Waals surface area contributed by atoms with Gasteiger partial charge in [-0.3, -0.25) is 0 Å². The van der Waals surface area contributed by atoms with Crippen molar-refractivity contribution in [2.45, 2.75) is 6.92 Å². The maximum atomic E-state index is 12.6. The Morgan fingerprint density at radius 1 is 1.30 bits per heavy atom. The first-order chi connectivity index (χ1) is 4.84. The van der Waals surface area contributed by atoms with Crippen LogP contribution < -0.4 is 0 Å². The third-order valence-electron chi connectivity index (χ3n) is 1.23. The quantitative estimate of drug-likeness (QED) is 0.414. The highest BCUT2D eigenvalue weighted by Gasteiger charge is 2.03. The average molecular weight is 138 g/mol. The van der Waals surface area contributed by atoms with Crippen LogP contribution in [0.4, 0.5) is 10.2 Å². The van der Waals surface area contributed by atoms with Gasteiger partial charge in [-0.25, -0.2) is 0 Å². The van der Waals surface area contributed by atoms with Crippen molar-refractivity contribution in [3.8, 4) is 0 Å². The maximum Gasteiger partial charge on any atom is 0.252 e. The summed E-state index contributed by atoms with van der Waals surface area (Å²) in [5.74, 6) is 0. The topological polar surface area (TPSA) is 3.01 Å². The number of para-hydroxylation sites is 1. The van der Waals surface area contributed by atoms with Gasteiger partial charge >= 0.3 is 0 Å². The molecule has 0 aromatic heterocycles. The molecule has 0 saturated heterocycles. The number of hydrogen-bond acceptors (Lipinski definition) is 0. The van der Waals surface area contributed by atoms with Crippen molar-refractivity contribution in [1.82, 2.24) is 0 Å². The average Bonchev–Trinajstić information content (AvgIpc) is 2.05. The first-order valence-electron chi connectivity index (χ1n) is 3.14. The van der Waals surface area contributed by atoms with E-state index in [0.717, 1.165) is 0 Å². The fourth-order valence-corrected chi connectivity index (χ4v) is 0.719. The predicted molar refractivity (Wildman–Crippen MR) is 39.2 cm³/mol. The smallest absolute Gasteiger partial charge is 0.0618 e. The maximum absolute atomic E-state index is 12.6. The minimum absolute atomic E-state index is 0.560. The van der Waals surface area contributed by atoms with Crippen molar-refractivity contribution in [2.24, 2.45) is 0 Å². The molecule has 0 amide bonds. The highest BCUT2D eigenvalue weighted by Crippen LogP contribution is 2.08. The van der Waals surface area contributed by atoms with Crippen LogP contribution in [0, 0.1) is 0 Å². The standard InChI is InChI=1S/C8H9FN/c1-2-10(9)8-6-4-3-5-7-8/h2-7H,1H3/q+1. The molecule has 0 aliphatic carbocycles. The Balaban J connectivity index is 2.96. The van der Waals surface area contributed by atoms with Crippen LogP contribution in [0.1, 0.15) is 6.92 Å². The van der Waals surface area contributed by atoms with Gasteiger partial charge in [-0.05, 0) is 0 Å². The predicted octanol–water partition coefficient (Wildman–Crippen LogP) is 2.31. The Bertz CT molecular complexity index is 228. The number of nitrogens with zero attached hydrogens (tertiary/aromatic N) is 1. The van der Waals surface area contributed by atoms with E-state index in [-0.39, 0.29) is 0 Å². The second kappa shape index (κ2) is 3.11. The van der Waals surface area contributed by atoms with E-state index in [0.29, 0.717) is 10.5 Å². The summed E-state index contributed by atoms with van der Waals surface area (Å²) in [4.78, 5) is 0.583. The lowest BCUT2D eigenvalue weighted by molar-refractivity contribution is -0.636. The number of halogens is 1. The van der Waals surface area contributed by atoms with Crippen LogP contribution in [-0.2, 0) is 0 Å². The molecular formula is C8H9FN+. The van der Waals surface area contributed by atoms with Gasteiger partial charge in [-0.2, -0.15) is 0 Å². The van der Waals surface area contributed by atoms with Gasteiger partial charge in [0.15, 0.2) is 6.21 Å². The summed E-state index contributed by atoms with van der Waals surface area (Å²) < 4.78 is 12.6. The van der Waals surface area contributed by atoms with E-state index < -0.39 is 0 Å². The molecule has 1 rings (SSSR count). The lowest BCUT2D eigenvalue weighted by Gasteiger charge is -1.84. The SMILES string of the molecule is CC=[N+](F)c1ccccc1. The fraction of sp³-hybridized carbons (Fsp3) is 0.125. The second-order valence-corrected chi connectivity index (χ2v) is 1.90. The van der Waals surface area contributed by atoms with E-state index in [9.17, 15) is 4.48 Å². The molecule has 0 saturated carbocycles. The number of hydrogen-bond donors (Lipinski definition) is 0. The Kier molecular flexibility index (Phi) is 2.15. The van der Waals surface area contributed by atoms with E-state index in [1.54, 1.807) is 31.2 Å². The summed E-state index contributed by atoms with van der Waals surface area (Å²) in [5, 5.41) is 0. The van der Waals surface area contributed by atoms with Gasteiger partial charge in [0, 0.05) is 23.9 Å². The fourth-order valence-electron chi connectivity index (χ4n) is 0.719. The summed E-state index contributed by atoms with van der Waals surface area (Å²) in [6.07, 6.45) is 1.37. The van der Waals surface area contributed by atoms with Crippen LogP contribution in [-0.4, -0.2) is 11.0 Å². The Hall–Kier alpha value is -1.18. The molecule has 1 aromatic rings. The summed E-state index contributed by atoms with van der Waals surface area (Å²) in [5.41, 5.74) is 0.560. The molecule has 0 aliphatic rings. The first kappa shape index (κ1) is 6.93. The van der Waals surface area contributed by atoms with Crippen molar-refractivity contribution in [3.05, 3.63) is 30.3 Å². The second-order valence-electron chi connectivity index (χ2n) is 1.90. The summed E-state index contributed by atoms with van der Waals surface area (Å²) >= 11 is 0. The Labute approximate surface area is 59.4 Å². The molecule has 10 heavy (non-hydrogen) atoms. The summed E-state index contributed by atoms with van der Waals surface area (Å²) in [6.45, 7) is 1.65. The molecule has 0 aliphatic heterocycles. The third-order valence-corrected chi connectivity index (χ3v) is 1.23. The molecule has 0 heterocycles. The van der Waals surface area contributed by atoms with Gasteiger partial charge in [-0.1, -0.05) is 18.2 Å². The zero-order chi connectivity index (χ0) is 7.40. The minimum Gasteiger partial charge on any atom is -0.0618 e. The van der Waals surface area contributed by atoms with Crippen LogP contribution in [0.2, 0.25) is 0 Å². The largest absolute Gasteiger partial charge is 0.252 e.